The molecule has 1 aliphatic heterocycles. The predicted octanol–water partition coefficient (Wildman–Crippen LogP) is 0.988. The summed E-state index contributed by atoms with van der Waals surface area (Å²) < 4.78 is 0. The topological polar surface area (TPSA) is 101 Å². The average molecular weight is 292 g/mol. The molecule has 0 aliphatic carbocycles. The van der Waals surface area contributed by atoms with Gasteiger partial charge in [-0.25, -0.2) is 0 Å². The first kappa shape index (κ1) is 15.1. The van der Waals surface area contributed by atoms with E-state index in [0.717, 1.165) is 11.1 Å². The molecule has 0 spiro atoms. The molecule has 2 rings (SSSR count). The Hall–Kier alpha value is -2.28. The van der Waals surface area contributed by atoms with Gasteiger partial charge in [-0.1, -0.05) is 0 Å². The van der Waals surface area contributed by atoms with Crippen molar-refractivity contribution in [2.45, 2.75) is 26.3 Å². The van der Waals surface area contributed by atoms with Gasteiger partial charge in [0.15, 0.2) is 5.78 Å². The second kappa shape index (κ2) is 5.61. The van der Waals surface area contributed by atoms with Crippen molar-refractivity contribution in [3.05, 3.63) is 38.9 Å². The molecule has 1 fully saturated rings. The lowest BCUT2D eigenvalue weighted by Crippen LogP contribution is -2.38. The minimum Gasteiger partial charge on any atom is -0.394 e. The highest BCUT2D eigenvalue weighted by atomic mass is 16.6. The molecule has 7 heteroatoms. The molecule has 1 saturated heterocycles. The van der Waals surface area contributed by atoms with Gasteiger partial charge in [0.05, 0.1) is 24.1 Å². The van der Waals surface area contributed by atoms with E-state index in [9.17, 15) is 24.8 Å². The third-order valence-corrected chi connectivity index (χ3v) is 3.76. The van der Waals surface area contributed by atoms with Crippen LogP contribution in [0.15, 0.2) is 12.1 Å². The van der Waals surface area contributed by atoms with Gasteiger partial charge in [0, 0.05) is 12.5 Å². The third-order valence-electron chi connectivity index (χ3n) is 3.76. The largest absolute Gasteiger partial charge is 0.394 e. The number of hydrogen-bond acceptors (Lipinski definition) is 5. The van der Waals surface area contributed by atoms with Gasteiger partial charge < -0.3 is 10.0 Å². The first-order valence-electron chi connectivity index (χ1n) is 6.54. The molecule has 1 aromatic carbocycles. The number of amides is 1. The van der Waals surface area contributed by atoms with Crippen molar-refractivity contribution in [1.29, 1.82) is 0 Å². The average Bonchev–Trinajstić information content (AvgIpc) is 2.81. The van der Waals surface area contributed by atoms with E-state index in [1.165, 1.54) is 17.0 Å². The van der Waals surface area contributed by atoms with Crippen molar-refractivity contribution < 1.29 is 19.6 Å². The molecule has 112 valence electrons. The lowest BCUT2D eigenvalue weighted by atomic mass is 10.0. The fourth-order valence-corrected chi connectivity index (χ4v) is 2.44. The summed E-state index contributed by atoms with van der Waals surface area (Å²) in [6.07, 6.45) is 0.0842. The van der Waals surface area contributed by atoms with E-state index in [1.807, 2.05) is 0 Å². The molecule has 1 amide bonds. The van der Waals surface area contributed by atoms with Crippen LogP contribution in [0, 0.1) is 24.0 Å². The molecule has 0 aromatic heterocycles. The summed E-state index contributed by atoms with van der Waals surface area (Å²) in [6.45, 7) is 3.03. The molecular weight excluding hydrogens is 276 g/mol. The Kier molecular flexibility index (Phi) is 4.04. The van der Waals surface area contributed by atoms with Crippen LogP contribution in [0.5, 0.6) is 0 Å². The molecule has 1 N–H and O–H groups in total. The summed E-state index contributed by atoms with van der Waals surface area (Å²) in [5.74, 6) is -0.747. The van der Waals surface area contributed by atoms with Crippen LogP contribution in [-0.4, -0.2) is 45.8 Å². The smallest absolute Gasteiger partial charge is 0.282 e. The first-order valence-corrected chi connectivity index (χ1v) is 6.54. The van der Waals surface area contributed by atoms with E-state index in [1.54, 1.807) is 13.8 Å². The third kappa shape index (κ3) is 2.78. The number of rotatable bonds is 3. The van der Waals surface area contributed by atoms with Gasteiger partial charge in [0.25, 0.3) is 11.6 Å². The van der Waals surface area contributed by atoms with E-state index in [4.69, 9.17) is 0 Å². The number of hydrogen-bond donors (Lipinski definition) is 1. The number of nitro benzene ring substituents is 1. The minimum absolute atomic E-state index is 0.0451. The fourth-order valence-electron chi connectivity index (χ4n) is 2.44. The van der Waals surface area contributed by atoms with Gasteiger partial charge >= 0.3 is 0 Å². The Morgan fingerprint density at radius 2 is 2.05 bits per heavy atom. The Morgan fingerprint density at radius 3 is 2.62 bits per heavy atom. The molecule has 1 aromatic rings. The molecule has 7 nitrogen and oxygen atoms in total. The van der Waals surface area contributed by atoms with Crippen LogP contribution in [0.3, 0.4) is 0 Å². The highest BCUT2D eigenvalue weighted by Crippen LogP contribution is 2.27. The monoisotopic (exact) mass is 292 g/mol. The molecule has 1 heterocycles. The highest BCUT2D eigenvalue weighted by Gasteiger charge is 2.36. The van der Waals surface area contributed by atoms with Crippen molar-refractivity contribution >= 4 is 17.4 Å². The van der Waals surface area contributed by atoms with Crippen LogP contribution in [0.25, 0.3) is 0 Å². The van der Waals surface area contributed by atoms with Crippen molar-refractivity contribution in [3.8, 4) is 0 Å². The van der Waals surface area contributed by atoms with Crippen molar-refractivity contribution in [2.75, 3.05) is 13.2 Å². The Labute approximate surface area is 121 Å². The number of nitrogens with zero attached hydrogens (tertiary/aromatic N) is 2. The van der Waals surface area contributed by atoms with Gasteiger partial charge in [-0.15, -0.1) is 0 Å². The predicted molar refractivity (Wildman–Crippen MR) is 74.1 cm³/mol. The van der Waals surface area contributed by atoms with Crippen LogP contribution in [0.4, 0.5) is 5.69 Å². The van der Waals surface area contributed by atoms with Crippen LogP contribution in [0.1, 0.15) is 27.9 Å². The molecule has 21 heavy (non-hydrogen) atoms. The summed E-state index contributed by atoms with van der Waals surface area (Å²) in [5.41, 5.74) is 1.15. The van der Waals surface area contributed by atoms with E-state index in [0.29, 0.717) is 0 Å². The van der Waals surface area contributed by atoms with Crippen molar-refractivity contribution in [2.24, 2.45) is 0 Å². The van der Waals surface area contributed by atoms with Crippen LogP contribution < -0.4 is 0 Å². The second-order valence-corrected chi connectivity index (χ2v) is 5.22. The van der Waals surface area contributed by atoms with E-state index >= 15 is 0 Å². The lowest BCUT2D eigenvalue weighted by molar-refractivity contribution is -0.385. The number of benzene rings is 1. The van der Waals surface area contributed by atoms with Gasteiger partial charge in [0.2, 0.25) is 0 Å². The van der Waals surface area contributed by atoms with Gasteiger partial charge in [-0.05, 0) is 31.0 Å². The molecule has 1 aliphatic rings. The highest BCUT2D eigenvalue weighted by molar-refractivity contribution is 6.02. The number of aliphatic hydroxyl groups is 1. The van der Waals surface area contributed by atoms with Crippen molar-refractivity contribution in [3.63, 3.8) is 0 Å². The maximum absolute atomic E-state index is 12.5. The summed E-state index contributed by atoms with van der Waals surface area (Å²) in [5, 5.41) is 20.4. The van der Waals surface area contributed by atoms with E-state index in [-0.39, 0.29) is 36.6 Å². The number of nitro groups is 1. The molecule has 1 atom stereocenters. The number of carbonyl (C=O) groups excluding carboxylic acids is 2. The quantitative estimate of drug-likeness (QED) is 0.661. The van der Waals surface area contributed by atoms with Crippen molar-refractivity contribution in [1.82, 2.24) is 4.90 Å². The van der Waals surface area contributed by atoms with E-state index in [2.05, 4.69) is 0 Å². The maximum atomic E-state index is 12.5. The minimum atomic E-state index is -0.606. The van der Waals surface area contributed by atoms with Gasteiger partial charge in [0.1, 0.15) is 5.56 Å². The lowest BCUT2D eigenvalue weighted by Gasteiger charge is -2.22. The number of ketones is 1. The van der Waals surface area contributed by atoms with Crippen LogP contribution in [-0.2, 0) is 4.79 Å². The fraction of sp³-hybridized carbons (Fsp3) is 0.429. The Morgan fingerprint density at radius 1 is 1.43 bits per heavy atom. The Balaban J connectivity index is 2.45. The summed E-state index contributed by atoms with van der Waals surface area (Å²) in [4.78, 5) is 35.7. The zero-order chi connectivity index (χ0) is 15.7. The molecular formula is C14H16N2O5. The summed E-state index contributed by atoms with van der Waals surface area (Å²) >= 11 is 0. The van der Waals surface area contributed by atoms with E-state index < -0.39 is 16.9 Å². The standard InChI is InChI=1S/C14H16N2O5/c1-8-3-12(13(16(20)21)4-9(8)2)14(19)15-6-11(18)5-10(15)7-17/h3-4,10,17H,5-7H2,1-2H3/t10-/m0/s1. The number of aliphatic hydroxyl groups excluding tert-OH is 1. The second-order valence-electron chi connectivity index (χ2n) is 5.22. The number of likely N-dealkylation sites (tertiary alicyclic amines) is 1. The SMILES string of the molecule is Cc1cc(C(=O)N2CC(=O)C[C@H]2CO)c([N+](=O)[O-])cc1C. The number of aryl methyl sites for hydroxylation is 2. The molecule has 0 unspecified atom stereocenters. The number of carbonyl (C=O) groups is 2. The van der Waals surface area contributed by atoms with Gasteiger partial charge in [-0.2, -0.15) is 0 Å². The number of Topliss-reactive ketones (excluding diaryl/α,β-unsaturated/α-hetero) is 1. The van der Waals surface area contributed by atoms with Gasteiger partial charge in [-0.3, -0.25) is 19.7 Å². The molecule has 0 bridgehead atoms. The normalized spacial score (nSPS) is 18.1. The maximum Gasteiger partial charge on any atom is 0.282 e. The first-order chi connectivity index (χ1) is 9.85. The summed E-state index contributed by atoms with van der Waals surface area (Å²) in [6, 6.07) is 2.22. The summed E-state index contributed by atoms with van der Waals surface area (Å²) in [7, 11) is 0. The molecule has 0 saturated carbocycles. The molecule has 0 radical (unpaired) electrons. The van der Waals surface area contributed by atoms with Crippen LogP contribution >= 0.6 is 0 Å². The van der Waals surface area contributed by atoms with Crippen LogP contribution in [0.2, 0.25) is 0 Å². The zero-order valence-corrected chi connectivity index (χ0v) is 11.8. The zero-order valence-electron chi connectivity index (χ0n) is 11.8. The Bertz CT molecular complexity index is 626.